The first-order valence-electron chi connectivity index (χ1n) is 26.6. The first-order chi connectivity index (χ1) is 34.9. The molecule has 0 saturated carbocycles. The summed E-state index contributed by atoms with van der Waals surface area (Å²) in [5.41, 5.74) is 3.36. The second kappa shape index (κ2) is 12.4. The van der Waals surface area contributed by atoms with E-state index in [2.05, 4.69) is 4.98 Å². The van der Waals surface area contributed by atoms with Crippen LogP contribution in [0.5, 0.6) is 0 Å². The normalized spacial score (nSPS) is 18.4. The molecule has 1 aliphatic carbocycles. The van der Waals surface area contributed by atoms with Crippen molar-refractivity contribution >= 4 is 39.7 Å². The molecule has 2 aliphatic rings. The Kier molecular flexibility index (Phi) is 4.72. The quantitative estimate of drug-likeness (QED) is 0.175. The number of nitrogens with zero attached hydrogens (tertiary/aromatic N) is 3. The number of aromatic nitrogens is 3. The Bertz CT molecular complexity index is 3990. The molecule has 1 aliphatic heterocycles. The standard InChI is InChI=1S/C54H39N3OS/c1-30-20-24-42-52(48(30)33-22-23-37-34-13-6-7-14-35(34)39-17-12-26-55-50(39)38-16-9-8-15-36(38)41(37)28-33)59-47-27-32(3)40(29-43(47)54(42,4)5)49-31(2)21-25-46-51(49)58-53-56-44-18-10-11-19-45(44)57(46)53/h6-29H,1-5H3/i1D3,2D3,3D3,4D3,5D3. The van der Waals surface area contributed by atoms with Gasteiger partial charge in [0, 0.05) is 58.7 Å². The average Bonchev–Trinajstić information content (AvgIpc) is 3.90. The van der Waals surface area contributed by atoms with E-state index in [0.717, 1.165) is 50.8 Å². The van der Waals surface area contributed by atoms with Gasteiger partial charge in [-0.25, -0.2) is 0 Å². The molecule has 4 nitrogen and oxygen atoms in total. The summed E-state index contributed by atoms with van der Waals surface area (Å²) in [5.74, 6) is 0.0717. The van der Waals surface area contributed by atoms with Gasteiger partial charge in [0.2, 0.25) is 0 Å². The van der Waals surface area contributed by atoms with Crippen LogP contribution in [0.15, 0.2) is 160 Å². The highest BCUT2D eigenvalue weighted by molar-refractivity contribution is 7.99. The second-order valence-corrected chi connectivity index (χ2v) is 16.1. The largest absolute Gasteiger partial charge is 0.422 e. The molecule has 282 valence electrons. The van der Waals surface area contributed by atoms with Gasteiger partial charge in [0.25, 0.3) is 0 Å². The summed E-state index contributed by atoms with van der Waals surface area (Å²) in [7, 11) is 0. The highest BCUT2D eigenvalue weighted by Crippen LogP contribution is 2.56. The lowest BCUT2D eigenvalue weighted by molar-refractivity contribution is 0.607. The van der Waals surface area contributed by atoms with Crippen molar-refractivity contribution in [3.63, 3.8) is 0 Å². The summed E-state index contributed by atoms with van der Waals surface area (Å²) in [5, 5.41) is 0. The fourth-order valence-electron chi connectivity index (χ4n) is 9.08. The Balaban J connectivity index is 1.17. The molecule has 7 aromatic carbocycles. The number of fused-ring (bicyclic) bond motifs is 15. The molecule has 0 bridgehead atoms. The molecule has 0 atom stereocenters. The minimum Gasteiger partial charge on any atom is -0.422 e. The summed E-state index contributed by atoms with van der Waals surface area (Å²) in [6.45, 7) is -15.7. The summed E-state index contributed by atoms with van der Waals surface area (Å²) in [6.07, 6.45) is 1.72. The van der Waals surface area contributed by atoms with E-state index in [1.54, 1.807) is 40.9 Å². The molecule has 5 heteroatoms. The molecular formula is C54H39N3OS. The van der Waals surface area contributed by atoms with Gasteiger partial charge < -0.3 is 4.42 Å². The number of aryl methyl sites for hydroxylation is 3. The average molecular weight is 793 g/mol. The third kappa shape index (κ3) is 4.85. The summed E-state index contributed by atoms with van der Waals surface area (Å²) in [4.78, 5) is 9.36. The fourth-order valence-corrected chi connectivity index (χ4v) is 10.5. The molecule has 59 heavy (non-hydrogen) atoms. The number of pyridine rings is 1. The van der Waals surface area contributed by atoms with E-state index in [1.165, 1.54) is 36.4 Å². The van der Waals surface area contributed by atoms with Crippen LogP contribution in [0.3, 0.4) is 0 Å². The Morgan fingerprint density at radius 2 is 1.29 bits per heavy atom. The van der Waals surface area contributed by atoms with Gasteiger partial charge in [-0.2, -0.15) is 4.98 Å². The first kappa shape index (κ1) is 22.5. The Labute approximate surface area is 368 Å². The Morgan fingerprint density at radius 3 is 2.12 bits per heavy atom. The number of rotatable bonds is 2. The van der Waals surface area contributed by atoms with Crippen LogP contribution in [0.1, 0.15) is 62.1 Å². The number of benzene rings is 7. The molecule has 0 fully saturated rings. The summed E-state index contributed by atoms with van der Waals surface area (Å²) >= 11 is 0.874. The van der Waals surface area contributed by atoms with Crippen LogP contribution in [0.25, 0.3) is 94.9 Å². The topological polar surface area (TPSA) is 43.3 Å². The summed E-state index contributed by atoms with van der Waals surface area (Å²) < 4.78 is 144. The van der Waals surface area contributed by atoms with Gasteiger partial charge in [-0.1, -0.05) is 123 Å². The van der Waals surface area contributed by atoms with E-state index >= 15 is 0 Å². The van der Waals surface area contributed by atoms with Gasteiger partial charge in [-0.15, -0.1) is 0 Å². The molecule has 3 aromatic heterocycles. The van der Waals surface area contributed by atoms with Crippen LogP contribution in [-0.2, 0) is 5.41 Å². The van der Waals surface area contributed by atoms with Crippen molar-refractivity contribution in [2.75, 3.05) is 0 Å². The van der Waals surface area contributed by atoms with Crippen LogP contribution < -0.4 is 0 Å². The van der Waals surface area contributed by atoms with Crippen molar-refractivity contribution in [2.45, 2.75) is 49.5 Å². The molecule has 0 spiro atoms. The van der Waals surface area contributed by atoms with Crippen molar-refractivity contribution in [2.24, 2.45) is 0 Å². The SMILES string of the molecule is [2H]C([2H])([2H])c1cc2c(cc1-c1c(C([2H])([2H])[2H])ccc3c1oc1nc4ccccc4n13)C(C([2H])([2H])[2H])(C([2H])([2H])[2H])c1ccc(C([2H])([2H])[2H])c(-c3ccc4c(c3)-c3ccccc3-c3ncccc3-c3ccccc3-4)c1S2. The number of oxazole rings is 1. The van der Waals surface area contributed by atoms with Gasteiger partial charge in [-0.05, 0) is 135 Å². The van der Waals surface area contributed by atoms with Crippen LogP contribution in [0, 0.1) is 20.6 Å². The number of para-hydroxylation sites is 2. The predicted molar refractivity (Wildman–Crippen MR) is 243 cm³/mol. The van der Waals surface area contributed by atoms with Crippen molar-refractivity contribution in [3.05, 3.63) is 174 Å². The third-order valence-corrected chi connectivity index (χ3v) is 12.9. The van der Waals surface area contributed by atoms with Crippen molar-refractivity contribution in [1.82, 2.24) is 14.4 Å². The fraction of sp³-hybridized carbons (Fsp3) is 0.111. The van der Waals surface area contributed by atoms with Crippen molar-refractivity contribution < 1.29 is 25.0 Å². The zero-order valence-corrected chi connectivity index (χ0v) is 31.8. The van der Waals surface area contributed by atoms with E-state index in [4.69, 9.17) is 21.7 Å². The molecule has 0 amide bonds. The van der Waals surface area contributed by atoms with Crippen LogP contribution in [-0.4, -0.2) is 14.4 Å². The van der Waals surface area contributed by atoms with Gasteiger partial charge in [0.1, 0.15) is 0 Å². The van der Waals surface area contributed by atoms with Gasteiger partial charge in [0.05, 0.1) is 22.2 Å². The lowest BCUT2D eigenvalue weighted by Crippen LogP contribution is -2.24. The summed E-state index contributed by atoms with van der Waals surface area (Å²) in [6, 6.07) is 39.8. The zero-order chi connectivity index (χ0) is 52.2. The van der Waals surface area contributed by atoms with Gasteiger partial charge >= 0.3 is 5.84 Å². The smallest absolute Gasteiger partial charge is 0.307 e. The second-order valence-electron chi connectivity index (χ2n) is 15.0. The minimum atomic E-state index is -3.45. The van der Waals surface area contributed by atoms with E-state index in [0.29, 0.717) is 27.7 Å². The van der Waals surface area contributed by atoms with Crippen molar-refractivity contribution in [3.8, 4) is 66.9 Å². The highest BCUT2D eigenvalue weighted by Gasteiger charge is 2.36. The molecule has 0 unspecified atom stereocenters. The van der Waals surface area contributed by atoms with E-state index < -0.39 is 45.2 Å². The zero-order valence-electron chi connectivity index (χ0n) is 46.0. The molecule has 0 radical (unpaired) electrons. The monoisotopic (exact) mass is 792 g/mol. The Hall–Kier alpha value is -6.69. The molecule has 0 saturated heterocycles. The maximum atomic E-state index is 9.39. The van der Waals surface area contributed by atoms with E-state index in [9.17, 15) is 8.22 Å². The third-order valence-electron chi connectivity index (χ3n) is 11.8. The van der Waals surface area contributed by atoms with Crippen LogP contribution in [0.4, 0.5) is 0 Å². The van der Waals surface area contributed by atoms with Gasteiger partial charge in [0.15, 0.2) is 5.58 Å². The maximum Gasteiger partial charge on any atom is 0.307 e. The lowest BCUT2D eigenvalue weighted by atomic mass is 9.74. The highest BCUT2D eigenvalue weighted by atomic mass is 32.2. The van der Waals surface area contributed by atoms with Crippen LogP contribution in [0.2, 0.25) is 0 Å². The molecule has 0 N–H and O–H groups in total. The lowest BCUT2D eigenvalue weighted by Gasteiger charge is -2.37. The molecule has 10 aromatic rings. The van der Waals surface area contributed by atoms with Crippen molar-refractivity contribution in [1.29, 1.82) is 0 Å². The maximum absolute atomic E-state index is 9.39. The minimum absolute atomic E-state index is 0.00136. The molecule has 4 heterocycles. The van der Waals surface area contributed by atoms with E-state index in [1.807, 2.05) is 72.8 Å². The molecule has 12 rings (SSSR count). The Morgan fingerprint density at radius 1 is 0.576 bits per heavy atom. The van der Waals surface area contributed by atoms with Gasteiger partial charge in [-0.3, -0.25) is 9.38 Å². The predicted octanol–water partition coefficient (Wildman–Crippen LogP) is 14.7. The molecular weight excluding hydrogens is 739 g/mol. The number of imidazole rings is 1. The van der Waals surface area contributed by atoms with E-state index in [-0.39, 0.29) is 60.2 Å². The number of hydrogen-bond acceptors (Lipinski definition) is 4. The van der Waals surface area contributed by atoms with Crippen LogP contribution >= 0.6 is 11.8 Å². The first-order valence-corrected chi connectivity index (χ1v) is 19.9. The number of hydrogen-bond donors (Lipinski definition) is 0.